The maximum absolute atomic E-state index is 12.4. The van der Waals surface area contributed by atoms with Gasteiger partial charge in [0.05, 0.1) is 5.69 Å². The van der Waals surface area contributed by atoms with Gasteiger partial charge in [0.25, 0.3) is 0 Å². The molecule has 0 spiro atoms. The van der Waals surface area contributed by atoms with E-state index in [9.17, 15) is 8.42 Å². The van der Waals surface area contributed by atoms with E-state index in [1.54, 1.807) is 24.0 Å². The molecule has 0 saturated heterocycles. The van der Waals surface area contributed by atoms with E-state index in [0.29, 0.717) is 12.2 Å². The highest BCUT2D eigenvalue weighted by molar-refractivity contribution is 8.00. The summed E-state index contributed by atoms with van der Waals surface area (Å²) < 4.78 is 27.6. The van der Waals surface area contributed by atoms with Gasteiger partial charge >= 0.3 is 0 Å². The summed E-state index contributed by atoms with van der Waals surface area (Å²) in [7, 11) is -3.51. The lowest BCUT2D eigenvalue weighted by Crippen LogP contribution is -2.32. The molecule has 2 rings (SSSR count). The second-order valence-electron chi connectivity index (χ2n) is 5.01. The zero-order chi connectivity index (χ0) is 14.6. The molecule has 112 valence electrons. The first-order valence-corrected chi connectivity index (χ1v) is 9.46. The minimum Gasteiger partial charge on any atom is -0.384 e. The number of hydrogen-bond acceptors (Lipinski definition) is 5. The van der Waals surface area contributed by atoms with Crippen LogP contribution in [0.1, 0.15) is 26.2 Å². The number of hydrogen-bond donors (Lipinski definition) is 2. The van der Waals surface area contributed by atoms with Crippen molar-refractivity contribution in [1.29, 1.82) is 0 Å². The van der Waals surface area contributed by atoms with Crippen molar-refractivity contribution in [3.63, 3.8) is 0 Å². The number of thioether (sulfide) groups is 1. The monoisotopic (exact) mass is 315 g/mol. The molecule has 0 bridgehead atoms. The van der Waals surface area contributed by atoms with Crippen LogP contribution >= 0.6 is 11.8 Å². The molecular weight excluding hydrogens is 294 g/mol. The molecule has 1 aromatic rings. The molecule has 0 radical (unpaired) electrons. The number of sulfonamides is 1. The van der Waals surface area contributed by atoms with E-state index in [0.717, 1.165) is 25.8 Å². The van der Waals surface area contributed by atoms with E-state index >= 15 is 0 Å². The van der Waals surface area contributed by atoms with Gasteiger partial charge in [0.15, 0.2) is 0 Å². The summed E-state index contributed by atoms with van der Waals surface area (Å²) in [6.45, 7) is 3.26. The molecule has 1 aliphatic rings. The number of nitrogens with one attached hydrogen (secondary N) is 2. The number of anilines is 1. The Morgan fingerprint density at radius 2 is 2.20 bits per heavy atom. The van der Waals surface area contributed by atoms with Gasteiger partial charge in [-0.1, -0.05) is 6.92 Å². The Hall–Kier alpha value is -0.790. The Morgan fingerprint density at radius 1 is 1.45 bits per heavy atom. The fourth-order valence-electron chi connectivity index (χ4n) is 1.90. The Bertz CT molecular complexity index is 556. The van der Waals surface area contributed by atoms with Crippen LogP contribution in [0.5, 0.6) is 0 Å². The lowest BCUT2D eigenvalue weighted by molar-refractivity contribution is 0.579. The van der Waals surface area contributed by atoms with Crippen molar-refractivity contribution >= 4 is 27.5 Å². The second kappa shape index (κ2) is 6.32. The van der Waals surface area contributed by atoms with Gasteiger partial charge in [0.2, 0.25) is 10.0 Å². The predicted octanol–water partition coefficient (Wildman–Crippen LogP) is 2.08. The minimum atomic E-state index is -3.51. The highest BCUT2D eigenvalue weighted by atomic mass is 32.2. The van der Waals surface area contributed by atoms with Gasteiger partial charge in [-0.2, -0.15) is 11.8 Å². The molecule has 0 aliphatic heterocycles. The van der Waals surface area contributed by atoms with Gasteiger partial charge in [0, 0.05) is 30.2 Å². The van der Waals surface area contributed by atoms with Crippen LogP contribution in [0.3, 0.4) is 0 Å². The minimum absolute atomic E-state index is 0.103. The maximum atomic E-state index is 12.4. The van der Waals surface area contributed by atoms with Crippen LogP contribution < -0.4 is 10.0 Å². The average molecular weight is 315 g/mol. The summed E-state index contributed by atoms with van der Waals surface area (Å²) in [6, 6.07) is 1.70. The summed E-state index contributed by atoms with van der Waals surface area (Å²) in [4.78, 5) is 4.16. The highest BCUT2D eigenvalue weighted by Gasteiger charge is 2.42. The van der Waals surface area contributed by atoms with Crippen LogP contribution in [0.4, 0.5) is 5.69 Å². The van der Waals surface area contributed by atoms with Crippen molar-refractivity contribution in [1.82, 2.24) is 9.71 Å². The molecule has 7 heteroatoms. The Morgan fingerprint density at radius 3 is 2.80 bits per heavy atom. The van der Waals surface area contributed by atoms with Gasteiger partial charge in [-0.25, -0.2) is 13.1 Å². The van der Waals surface area contributed by atoms with E-state index < -0.39 is 10.0 Å². The van der Waals surface area contributed by atoms with Gasteiger partial charge in [-0.15, -0.1) is 0 Å². The molecule has 0 aromatic carbocycles. The van der Waals surface area contributed by atoms with E-state index in [1.807, 2.05) is 13.2 Å². The van der Waals surface area contributed by atoms with Crippen LogP contribution in [-0.4, -0.2) is 37.5 Å². The van der Waals surface area contributed by atoms with Crippen molar-refractivity contribution in [2.24, 2.45) is 0 Å². The Balaban J connectivity index is 2.12. The zero-order valence-electron chi connectivity index (χ0n) is 11.8. The molecule has 0 unspecified atom stereocenters. The summed E-state index contributed by atoms with van der Waals surface area (Å²) in [5, 5.41) is 3.13. The molecule has 0 atom stereocenters. The van der Waals surface area contributed by atoms with Crippen LogP contribution in [-0.2, 0) is 10.0 Å². The summed E-state index contributed by atoms with van der Waals surface area (Å²) in [5.74, 6) is 0. The first-order valence-electron chi connectivity index (χ1n) is 6.76. The molecule has 1 heterocycles. The second-order valence-corrected chi connectivity index (χ2v) is 8.02. The van der Waals surface area contributed by atoms with Crippen molar-refractivity contribution in [3.8, 4) is 0 Å². The van der Waals surface area contributed by atoms with Gasteiger partial charge < -0.3 is 5.32 Å². The van der Waals surface area contributed by atoms with Gasteiger partial charge in [-0.05, 0) is 31.6 Å². The molecule has 20 heavy (non-hydrogen) atoms. The fraction of sp³-hybridized carbons (Fsp3) is 0.615. The highest BCUT2D eigenvalue weighted by Crippen LogP contribution is 2.46. The first kappa shape index (κ1) is 15.6. The molecule has 1 fully saturated rings. The molecule has 1 aromatic heterocycles. The zero-order valence-corrected chi connectivity index (χ0v) is 13.5. The van der Waals surface area contributed by atoms with Crippen LogP contribution in [0.2, 0.25) is 0 Å². The lowest BCUT2D eigenvalue weighted by Gasteiger charge is -2.15. The Labute approximate surface area is 125 Å². The van der Waals surface area contributed by atoms with E-state index in [1.165, 1.54) is 6.20 Å². The van der Waals surface area contributed by atoms with Crippen LogP contribution in [0.25, 0.3) is 0 Å². The lowest BCUT2D eigenvalue weighted by atomic mass is 10.4. The maximum Gasteiger partial charge on any atom is 0.244 e. The normalized spacial score (nSPS) is 16.9. The molecule has 1 aliphatic carbocycles. The number of rotatable bonds is 8. The third-order valence-electron chi connectivity index (χ3n) is 3.46. The summed E-state index contributed by atoms with van der Waals surface area (Å²) in [5.41, 5.74) is 0.614. The summed E-state index contributed by atoms with van der Waals surface area (Å²) in [6.07, 6.45) is 8.11. The standard InChI is InChI=1S/C13H21N3O2S2/c1-3-7-15-11-4-8-14-9-12(11)20(17,18)16-10-13(19-2)5-6-13/h4,8-9,16H,3,5-7,10H2,1-2H3,(H,14,15). The van der Waals surface area contributed by atoms with E-state index in [4.69, 9.17) is 0 Å². The summed E-state index contributed by atoms with van der Waals surface area (Å²) >= 11 is 1.73. The molecule has 1 saturated carbocycles. The van der Waals surface area contributed by atoms with Crippen LogP contribution in [0, 0.1) is 0 Å². The number of nitrogens with zero attached hydrogens (tertiary/aromatic N) is 1. The SMILES string of the molecule is CCCNc1ccncc1S(=O)(=O)NCC1(SC)CC1. The van der Waals surface area contributed by atoms with Crippen molar-refractivity contribution in [2.45, 2.75) is 35.8 Å². The van der Waals surface area contributed by atoms with Crippen molar-refractivity contribution < 1.29 is 8.42 Å². The number of aromatic nitrogens is 1. The first-order chi connectivity index (χ1) is 9.53. The van der Waals surface area contributed by atoms with Crippen molar-refractivity contribution in [3.05, 3.63) is 18.5 Å². The smallest absolute Gasteiger partial charge is 0.244 e. The molecule has 2 N–H and O–H groups in total. The average Bonchev–Trinajstić information content (AvgIpc) is 3.24. The predicted molar refractivity (Wildman–Crippen MR) is 83.7 cm³/mol. The molecule has 5 nitrogen and oxygen atoms in total. The van der Waals surface area contributed by atoms with E-state index in [2.05, 4.69) is 15.0 Å². The van der Waals surface area contributed by atoms with Crippen LogP contribution in [0.15, 0.2) is 23.4 Å². The van der Waals surface area contributed by atoms with Gasteiger partial charge in [0.1, 0.15) is 4.90 Å². The largest absolute Gasteiger partial charge is 0.384 e. The quantitative estimate of drug-likeness (QED) is 0.768. The third kappa shape index (κ3) is 3.65. The van der Waals surface area contributed by atoms with Crippen molar-refractivity contribution in [2.75, 3.05) is 24.7 Å². The molecular formula is C13H21N3O2S2. The number of pyridine rings is 1. The Kier molecular flexibility index (Phi) is 4.93. The molecule has 0 amide bonds. The van der Waals surface area contributed by atoms with E-state index in [-0.39, 0.29) is 9.64 Å². The third-order valence-corrected chi connectivity index (χ3v) is 6.31. The van der Waals surface area contributed by atoms with Gasteiger partial charge in [-0.3, -0.25) is 4.98 Å². The topological polar surface area (TPSA) is 71.1 Å². The fourth-order valence-corrected chi connectivity index (χ4v) is 3.97.